The van der Waals surface area contributed by atoms with Gasteiger partial charge in [-0.2, -0.15) is 0 Å². The van der Waals surface area contributed by atoms with Crippen molar-refractivity contribution in [3.63, 3.8) is 0 Å². The number of carbonyl (C=O) groups is 2. The number of aromatic nitrogens is 1. The second-order valence-electron chi connectivity index (χ2n) is 5.11. The molecule has 0 spiro atoms. The molecule has 0 aliphatic carbocycles. The van der Waals surface area contributed by atoms with Gasteiger partial charge in [-0.15, -0.1) is 0 Å². The van der Waals surface area contributed by atoms with Crippen molar-refractivity contribution in [2.24, 2.45) is 11.7 Å². The molecule has 1 aromatic heterocycles. The molecule has 2 heterocycles. The van der Waals surface area contributed by atoms with Crippen LogP contribution in [-0.4, -0.2) is 23.3 Å². The zero-order valence-electron chi connectivity index (χ0n) is 11.2. The maximum atomic E-state index is 12.1. The molecule has 5 heteroatoms. The molecule has 1 aromatic carbocycles. The van der Waals surface area contributed by atoms with Crippen LogP contribution in [0.1, 0.15) is 12.0 Å². The van der Waals surface area contributed by atoms with E-state index in [-0.39, 0.29) is 12.3 Å². The van der Waals surface area contributed by atoms with E-state index < -0.39 is 11.8 Å². The monoisotopic (exact) mass is 269 g/mol. The van der Waals surface area contributed by atoms with Gasteiger partial charge in [0.1, 0.15) is 0 Å². The number of rotatable bonds is 2. The van der Waals surface area contributed by atoms with Crippen LogP contribution in [0.25, 0.3) is 10.9 Å². The average Bonchev–Trinajstić information content (AvgIpc) is 2.82. The number of carbonyl (C=O) groups excluding carboxylic acids is 2. The highest BCUT2D eigenvalue weighted by Crippen LogP contribution is 2.32. The van der Waals surface area contributed by atoms with Crippen molar-refractivity contribution in [3.05, 3.63) is 36.0 Å². The molecule has 3 rings (SSSR count). The lowest BCUT2D eigenvalue weighted by molar-refractivity contribution is -0.123. The lowest BCUT2D eigenvalue weighted by Crippen LogP contribution is -2.28. The maximum Gasteiger partial charge on any atom is 0.227 e. The minimum absolute atomic E-state index is 0.0668. The fraction of sp³-hybridized carbons (Fsp3) is 0.267. The van der Waals surface area contributed by atoms with Crippen molar-refractivity contribution in [2.75, 3.05) is 11.4 Å². The molecule has 102 valence electrons. The van der Waals surface area contributed by atoms with E-state index in [1.54, 1.807) is 11.1 Å². The fourth-order valence-corrected chi connectivity index (χ4v) is 2.67. The molecule has 1 aliphatic rings. The van der Waals surface area contributed by atoms with Crippen LogP contribution in [0.3, 0.4) is 0 Å². The average molecular weight is 269 g/mol. The van der Waals surface area contributed by atoms with Crippen molar-refractivity contribution < 1.29 is 9.59 Å². The first kappa shape index (κ1) is 12.6. The number of nitrogens with two attached hydrogens (primary N) is 1. The molecule has 5 nitrogen and oxygen atoms in total. The highest BCUT2D eigenvalue weighted by atomic mass is 16.2. The van der Waals surface area contributed by atoms with E-state index in [2.05, 4.69) is 4.98 Å². The topological polar surface area (TPSA) is 76.3 Å². The Hall–Kier alpha value is -2.43. The summed E-state index contributed by atoms with van der Waals surface area (Å²) in [5, 5.41) is 0.922. The smallest absolute Gasteiger partial charge is 0.227 e. The Kier molecular flexibility index (Phi) is 2.89. The predicted molar refractivity (Wildman–Crippen MR) is 76.1 cm³/mol. The van der Waals surface area contributed by atoms with E-state index in [9.17, 15) is 9.59 Å². The largest absolute Gasteiger partial charge is 0.369 e. The summed E-state index contributed by atoms with van der Waals surface area (Å²) in [5.74, 6) is -0.895. The highest BCUT2D eigenvalue weighted by Gasteiger charge is 2.34. The maximum absolute atomic E-state index is 12.1. The summed E-state index contributed by atoms with van der Waals surface area (Å²) in [6.45, 7) is 2.33. The number of anilines is 1. The van der Waals surface area contributed by atoms with Gasteiger partial charge in [0.15, 0.2) is 0 Å². The minimum Gasteiger partial charge on any atom is -0.369 e. The van der Waals surface area contributed by atoms with Gasteiger partial charge in [-0.05, 0) is 30.7 Å². The molecule has 20 heavy (non-hydrogen) atoms. The molecule has 1 atom stereocenters. The third-order valence-electron chi connectivity index (χ3n) is 3.77. The Balaban J connectivity index is 2.09. The third kappa shape index (κ3) is 1.91. The lowest BCUT2D eigenvalue weighted by atomic mass is 10.1. The van der Waals surface area contributed by atoms with E-state index in [1.165, 1.54) is 0 Å². The van der Waals surface area contributed by atoms with Gasteiger partial charge in [-0.1, -0.05) is 6.07 Å². The Bertz CT molecular complexity index is 711. The summed E-state index contributed by atoms with van der Waals surface area (Å²) < 4.78 is 0. The fourth-order valence-electron chi connectivity index (χ4n) is 2.67. The Morgan fingerprint density at radius 2 is 2.20 bits per heavy atom. The van der Waals surface area contributed by atoms with Gasteiger partial charge in [-0.25, -0.2) is 0 Å². The Labute approximate surface area is 116 Å². The molecule has 2 aromatic rings. The summed E-state index contributed by atoms with van der Waals surface area (Å²) in [6.07, 6.45) is 1.92. The molecular formula is C15H15N3O2. The van der Waals surface area contributed by atoms with Crippen molar-refractivity contribution in [2.45, 2.75) is 13.3 Å². The van der Waals surface area contributed by atoms with E-state index in [0.29, 0.717) is 6.54 Å². The molecular weight excluding hydrogens is 254 g/mol. The first-order valence-corrected chi connectivity index (χ1v) is 6.52. The Morgan fingerprint density at radius 3 is 2.90 bits per heavy atom. The number of hydrogen-bond donors (Lipinski definition) is 1. The molecule has 2 amide bonds. The van der Waals surface area contributed by atoms with Gasteiger partial charge < -0.3 is 10.6 Å². The molecule has 1 aliphatic heterocycles. The van der Waals surface area contributed by atoms with Crippen LogP contribution >= 0.6 is 0 Å². The molecule has 1 unspecified atom stereocenters. The number of pyridine rings is 1. The molecule has 1 saturated heterocycles. The second kappa shape index (κ2) is 4.59. The van der Waals surface area contributed by atoms with Crippen LogP contribution < -0.4 is 10.6 Å². The number of hydrogen-bond acceptors (Lipinski definition) is 3. The van der Waals surface area contributed by atoms with E-state index in [1.807, 2.05) is 31.2 Å². The molecule has 2 N–H and O–H groups in total. The van der Waals surface area contributed by atoms with Crippen LogP contribution in [-0.2, 0) is 9.59 Å². The summed E-state index contributed by atoms with van der Waals surface area (Å²) >= 11 is 0. The number of nitrogens with zero attached hydrogens (tertiary/aromatic N) is 2. The number of fused-ring (bicyclic) bond motifs is 1. The van der Waals surface area contributed by atoms with Gasteiger partial charge in [0.05, 0.1) is 17.1 Å². The molecule has 0 radical (unpaired) electrons. The molecule has 0 bridgehead atoms. The van der Waals surface area contributed by atoms with Gasteiger partial charge in [-0.3, -0.25) is 14.6 Å². The number of amides is 2. The molecule has 0 saturated carbocycles. The van der Waals surface area contributed by atoms with Crippen LogP contribution in [0.5, 0.6) is 0 Å². The van der Waals surface area contributed by atoms with Crippen LogP contribution in [0.4, 0.5) is 5.69 Å². The van der Waals surface area contributed by atoms with Crippen LogP contribution in [0.15, 0.2) is 30.5 Å². The highest BCUT2D eigenvalue weighted by molar-refractivity contribution is 6.06. The van der Waals surface area contributed by atoms with Gasteiger partial charge >= 0.3 is 0 Å². The van der Waals surface area contributed by atoms with Crippen molar-refractivity contribution in [3.8, 4) is 0 Å². The van der Waals surface area contributed by atoms with Crippen LogP contribution in [0, 0.1) is 12.8 Å². The zero-order valence-corrected chi connectivity index (χ0v) is 11.2. The summed E-state index contributed by atoms with van der Waals surface area (Å²) in [5.41, 5.74) is 8.04. The van der Waals surface area contributed by atoms with Crippen molar-refractivity contribution in [1.82, 2.24) is 4.98 Å². The zero-order chi connectivity index (χ0) is 14.3. The SMILES string of the molecule is Cc1ccc(N2CC(C(N)=O)CC2=O)c2cccnc12. The second-order valence-corrected chi connectivity index (χ2v) is 5.11. The van der Waals surface area contributed by atoms with E-state index in [0.717, 1.165) is 22.2 Å². The number of benzene rings is 1. The normalized spacial score (nSPS) is 18.8. The third-order valence-corrected chi connectivity index (χ3v) is 3.77. The lowest BCUT2D eigenvalue weighted by Gasteiger charge is -2.19. The van der Waals surface area contributed by atoms with Crippen LogP contribution in [0.2, 0.25) is 0 Å². The summed E-state index contributed by atoms with van der Waals surface area (Å²) in [4.78, 5) is 29.4. The summed E-state index contributed by atoms with van der Waals surface area (Å²) in [6, 6.07) is 7.63. The Morgan fingerprint density at radius 1 is 1.40 bits per heavy atom. The summed E-state index contributed by atoms with van der Waals surface area (Å²) in [7, 11) is 0. The van der Waals surface area contributed by atoms with Gasteiger partial charge in [0, 0.05) is 24.5 Å². The number of aryl methyl sites for hydroxylation is 1. The standard InChI is InChI=1S/C15H15N3O2/c1-9-4-5-12(11-3-2-6-17-14(9)11)18-8-10(15(16)20)7-13(18)19/h2-6,10H,7-8H2,1H3,(H2,16,20). The first-order valence-electron chi connectivity index (χ1n) is 6.52. The van der Waals surface area contributed by atoms with Crippen molar-refractivity contribution >= 4 is 28.4 Å². The predicted octanol–water partition coefficient (Wildman–Crippen LogP) is 1.38. The minimum atomic E-state index is -0.421. The molecule has 1 fully saturated rings. The number of primary amides is 1. The van der Waals surface area contributed by atoms with Crippen molar-refractivity contribution in [1.29, 1.82) is 0 Å². The van der Waals surface area contributed by atoms with Gasteiger partial charge in [0.25, 0.3) is 0 Å². The quantitative estimate of drug-likeness (QED) is 0.894. The van der Waals surface area contributed by atoms with E-state index >= 15 is 0 Å². The van der Waals surface area contributed by atoms with Gasteiger partial charge in [0.2, 0.25) is 11.8 Å². The first-order chi connectivity index (χ1) is 9.58. The van der Waals surface area contributed by atoms with E-state index in [4.69, 9.17) is 5.73 Å².